The minimum Gasteiger partial charge on any atom is -0.454 e. The maximum absolute atomic E-state index is 11.7. The van der Waals surface area contributed by atoms with Crippen molar-refractivity contribution in [2.24, 2.45) is 0 Å². The van der Waals surface area contributed by atoms with Gasteiger partial charge < -0.3 is 19.2 Å². The molecule has 1 N–H and O–H groups in total. The van der Waals surface area contributed by atoms with Gasteiger partial charge in [0.1, 0.15) is 0 Å². The van der Waals surface area contributed by atoms with Crippen LogP contribution in [0.15, 0.2) is 27.8 Å². The highest BCUT2D eigenvalue weighted by Crippen LogP contribution is 2.35. The predicted molar refractivity (Wildman–Crippen MR) is 84.5 cm³/mol. The van der Waals surface area contributed by atoms with E-state index < -0.39 is 0 Å². The van der Waals surface area contributed by atoms with E-state index >= 15 is 0 Å². The number of thioether (sulfide) groups is 1. The number of benzene rings is 1. The van der Waals surface area contributed by atoms with Gasteiger partial charge in [-0.25, -0.2) is 0 Å². The molecule has 23 heavy (non-hydrogen) atoms. The third kappa shape index (κ3) is 3.76. The summed E-state index contributed by atoms with van der Waals surface area (Å²) in [6.45, 7) is 4.20. The van der Waals surface area contributed by atoms with Gasteiger partial charge in [0.25, 0.3) is 5.22 Å². The average molecular weight is 335 g/mol. The molecule has 0 saturated heterocycles. The van der Waals surface area contributed by atoms with E-state index in [4.69, 9.17) is 13.9 Å². The van der Waals surface area contributed by atoms with Crippen LogP contribution >= 0.6 is 11.8 Å². The van der Waals surface area contributed by atoms with Gasteiger partial charge in [0.2, 0.25) is 18.6 Å². The number of rotatable bonds is 6. The van der Waals surface area contributed by atoms with E-state index in [1.165, 1.54) is 11.8 Å². The average Bonchev–Trinajstić information content (AvgIpc) is 3.21. The molecule has 1 aromatic heterocycles. The lowest BCUT2D eigenvalue weighted by Crippen LogP contribution is -2.33. The quantitative estimate of drug-likeness (QED) is 0.811. The fraction of sp³-hybridized carbons (Fsp3) is 0.400. The predicted octanol–water partition coefficient (Wildman–Crippen LogP) is 2.47. The van der Waals surface area contributed by atoms with Gasteiger partial charge in [-0.2, -0.15) is 0 Å². The molecule has 0 radical (unpaired) electrons. The lowest BCUT2D eigenvalue weighted by molar-refractivity contribution is -0.119. The van der Waals surface area contributed by atoms with E-state index in [-0.39, 0.29) is 24.5 Å². The highest BCUT2D eigenvalue weighted by atomic mass is 32.2. The number of carbonyl (C=O) groups excluding carboxylic acids is 1. The minimum atomic E-state index is -0.0489. The summed E-state index contributed by atoms with van der Waals surface area (Å²) in [5.41, 5.74) is 0.748. The summed E-state index contributed by atoms with van der Waals surface area (Å²) in [6, 6.07) is 5.58. The van der Waals surface area contributed by atoms with Crippen LogP contribution < -0.4 is 14.8 Å². The Balaban J connectivity index is 1.61. The number of aromatic nitrogens is 2. The topological polar surface area (TPSA) is 86.5 Å². The van der Waals surface area contributed by atoms with Gasteiger partial charge in [-0.1, -0.05) is 18.7 Å². The highest BCUT2D eigenvalue weighted by molar-refractivity contribution is 7.99. The van der Waals surface area contributed by atoms with Gasteiger partial charge in [-0.05, 0) is 31.5 Å². The first-order chi connectivity index (χ1) is 11.2. The van der Waals surface area contributed by atoms with E-state index in [9.17, 15) is 4.79 Å². The summed E-state index contributed by atoms with van der Waals surface area (Å²) in [5.74, 6) is 1.93. The van der Waals surface area contributed by atoms with Crippen LogP contribution in [0, 0.1) is 0 Å². The first-order valence-electron chi connectivity index (χ1n) is 7.31. The third-order valence-electron chi connectivity index (χ3n) is 3.37. The Morgan fingerprint density at radius 2 is 2.17 bits per heavy atom. The zero-order chi connectivity index (χ0) is 16.2. The Bertz CT molecular complexity index is 704. The highest BCUT2D eigenvalue weighted by Gasteiger charge is 2.17. The molecule has 122 valence electrons. The Morgan fingerprint density at radius 3 is 3.00 bits per heavy atom. The molecule has 3 rings (SSSR count). The van der Waals surface area contributed by atoms with Gasteiger partial charge in [0, 0.05) is 11.6 Å². The van der Waals surface area contributed by atoms with Crippen molar-refractivity contribution in [3.63, 3.8) is 0 Å². The Labute approximate surface area is 137 Å². The molecular weight excluding hydrogens is 318 g/mol. The summed E-state index contributed by atoms with van der Waals surface area (Å²) in [5, 5.41) is 11.2. The van der Waals surface area contributed by atoms with Crippen LogP contribution in [0.2, 0.25) is 0 Å². The number of ether oxygens (including phenoxy) is 2. The van der Waals surface area contributed by atoms with E-state index in [2.05, 4.69) is 15.5 Å². The lowest BCUT2D eigenvalue weighted by atomic mass is 10.2. The summed E-state index contributed by atoms with van der Waals surface area (Å²) in [6.07, 6.45) is 0.894. The number of carbonyl (C=O) groups is 1. The van der Waals surface area contributed by atoms with Crippen LogP contribution in [0.25, 0.3) is 11.5 Å². The first kappa shape index (κ1) is 15.7. The molecule has 2 aromatic rings. The summed E-state index contributed by atoms with van der Waals surface area (Å²) in [4.78, 5) is 11.7. The van der Waals surface area contributed by atoms with Gasteiger partial charge in [0.05, 0.1) is 5.75 Å². The molecule has 0 fully saturated rings. The standard InChI is InChI=1S/C15H17N3O4S/c1-3-9(2)16-13(19)7-23-15-18-17-14(22-15)10-4-5-11-12(6-10)21-8-20-11/h4-6,9H,3,7-8H2,1-2H3,(H,16,19). The van der Waals surface area contributed by atoms with E-state index in [0.717, 1.165) is 12.0 Å². The van der Waals surface area contributed by atoms with Crippen LogP contribution in [0.3, 0.4) is 0 Å². The van der Waals surface area contributed by atoms with Gasteiger partial charge in [-0.15, -0.1) is 10.2 Å². The van der Waals surface area contributed by atoms with Crippen molar-refractivity contribution in [2.75, 3.05) is 12.5 Å². The summed E-state index contributed by atoms with van der Waals surface area (Å²) < 4.78 is 16.2. The Kier molecular flexibility index (Phi) is 4.71. The smallest absolute Gasteiger partial charge is 0.277 e. The summed E-state index contributed by atoms with van der Waals surface area (Å²) >= 11 is 1.21. The monoisotopic (exact) mass is 335 g/mol. The third-order valence-corrected chi connectivity index (χ3v) is 4.19. The maximum Gasteiger partial charge on any atom is 0.277 e. The molecule has 0 bridgehead atoms. The number of fused-ring (bicyclic) bond motifs is 1. The molecule has 1 amide bonds. The second-order valence-corrected chi connectivity index (χ2v) is 6.03. The maximum atomic E-state index is 11.7. The van der Waals surface area contributed by atoms with Crippen molar-refractivity contribution in [1.82, 2.24) is 15.5 Å². The molecule has 8 heteroatoms. The molecule has 0 aliphatic carbocycles. The number of nitrogens with zero attached hydrogens (tertiary/aromatic N) is 2. The van der Waals surface area contributed by atoms with Crippen LogP contribution in [-0.2, 0) is 4.79 Å². The van der Waals surface area contributed by atoms with E-state index in [1.807, 2.05) is 19.9 Å². The summed E-state index contributed by atoms with van der Waals surface area (Å²) in [7, 11) is 0. The Hall–Kier alpha value is -2.22. The van der Waals surface area contributed by atoms with Gasteiger partial charge >= 0.3 is 0 Å². The first-order valence-corrected chi connectivity index (χ1v) is 8.30. The Morgan fingerprint density at radius 1 is 1.35 bits per heavy atom. The molecule has 1 unspecified atom stereocenters. The van der Waals surface area contributed by atoms with E-state index in [1.54, 1.807) is 12.1 Å². The van der Waals surface area contributed by atoms with Gasteiger partial charge in [-0.3, -0.25) is 4.79 Å². The number of hydrogen-bond donors (Lipinski definition) is 1. The molecule has 7 nitrogen and oxygen atoms in total. The van der Waals surface area contributed by atoms with Crippen LogP contribution in [0.5, 0.6) is 11.5 Å². The van der Waals surface area contributed by atoms with Crippen molar-refractivity contribution < 1.29 is 18.7 Å². The van der Waals surface area contributed by atoms with Crippen molar-refractivity contribution in [2.45, 2.75) is 31.5 Å². The van der Waals surface area contributed by atoms with E-state index in [0.29, 0.717) is 22.6 Å². The van der Waals surface area contributed by atoms with Crippen LogP contribution in [-0.4, -0.2) is 34.7 Å². The lowest BCUT2D eigenvalue weighted by Gasteiger charge is -2.09. The van der Waals surface area contributed by atoms with Crippen LogP contribution in [0.1, 0.15) is 20.3 Å². The molecule has 1 atom stereocenters. The van der Waals surface area contributed by atoms with Crippen molar-refractivity contribution >= 4 is 17.7 Å². The second-order valence-electron chi connectivity index (χ2n) is 5.11. The van der Waals surface area contributed by atoms with Crippen molar-refractivity contribution in [1.29, 1.82) is 0 Å². The molecule has 1 aliphatic rings. The second kappa shape index (κ2) is 6.91. The largest absolute Gasteiger partial charge is 0.454 e. The molecule has 0 saturated carbocycles. The van der Waals surface area contributed by atoms with Crippen molar-refractivity contribution in [3.05, 3.63) is 18.2 Å². The fourth-order valence-electron chi connectivity index (χ4n) is 1.96. The fourth-order valence-corrected chi connectivity index (χ4v) is 2.53. The number of nitrogens with one attached hydrogen (secondary N) is 1. The number of amides is 1. The molecule has 0 spiro atoms. The molecule has 2 heterocycles. The van der Waals surface area contributed by atoms with Gasteiger partial charge in [0.15, 0.2) is 11.5 Å². The normalized spacial score (nSPS) is 13.8. The zero-order valence-electron chi connectivity index (χ0n) is 12.9. The van der Waals surface area contributed by atoms with Crippen molar-refractivity contribution in [3.8, 4) is 23.0 Å². The molecule has 1 aliphatic heterocycles. The molecular formula is C15H17N3O4S. The minimum absolute atomic E-state index is 0.0489. The van der Waals surface area contributed by atoms with Crippen LogP contribution in [0.4, 0.5) is 0 Å². The zero-order valence-corrected chi connectivity index (χ0v) is 13.7. The SMILES string of the molecule is CCC(C)NC(=O)CSc1nnc(-c2ccc3c(c2)OCO3)o1. The molecule has 1 aromatic carbocycles. The number of hydrogen-bond acceptors (Lipinski definition) is 7.